The lowest BCUT2D eigenvalue weighted by atomic mass is 10.2. The standard InChI is InChI=1S/C27H22F2N6O3/c1-18(2)38-24-16-34(21-10-9-20(33-14-6-12-30-33)15-23(21)37-17-25(28)29)32-26(27(24)36)22-11-13-31-35(22)19-7-4-3-5-8-19/h3-16,25H,1,17H2,2H3. The molecule has 0 aliphatic rings. The maximum absolute atomic E-state index is 13.5. The van der Waals surface area contributed by atoms with E-state index in [1.807, 2.05) is 30.3 Å². The lowest BCUT2D eigenvalue weighted by Crippen LogP contribution is -2.19. The van der Waals surface area contributed by atoms with Crippen molar-refractivity contribution in [2.75, 3.05) is 6.61 Å². The van der Waals surface area contributed by atoms with E-state index in [2.05, 4.69) is 21.9 Å². The maximum Gasteiger partial charge on any atom is 0.272 e. The molecule has 0 N–H and O–H groups in total. The van der Waals surface area contributed by atoms with Crippen LogP contribution in [0.1, 0.15) is 6.92 Å². The molecule has 2 aromatic carbocycles. The van der Waals surface area contributed by atoms with Crippen molar-refractivity contribution in [2.45, 2.75) is 13.3 Å². The van der Waals surface area contributed by atoms with Crippen molar-refractivity contribution in [3.63, 3.8) is 0 Å². The largest absolute Gasteiger partial charge is 0.485 e. The van der Waals surface area contributed by atoms with Gasteiger partial charge in [0, 0.05) is 18.5 Å². The Bertz CT molecular complexity index is 1630. The van der Waals surface area contributed by atoms with Crippen molar-refractivity contribution in [1.82, 2.24) is 29.3 Å². The van der Waals surface area contributed by atoms with Crippen LogP contribution in [0.4, 0.5) is 8.78 Å². The van der Waals surface area contributed by atoms with Gasteiger partial charge >= 0.3 is 0 Å². The molecule has 0 amide bonds. The van der Waals surface area contributed by atoms with E-state index in [1.165, 1.54) is 10.9 Å². The maximum atomic E-state index is 13.5. The van der Waals surface area contributed by atoms with E-state index in [0.29, 0.717) is 17.1 Å². The molecule has 192 valence electrons. The highest BCUT2D eigenvalue weighted by atomic mass is 19.3. The first kappa shape index (κ1) is 24.6. The smallest absolute Gasteiger partial charge is 0.272 e. The number of nitrogens with zero attached hydrogens (tertiary/aromatic N) is 6. The normalized spacial score (nSPS) is 11.1. The number of allylic oxidation sites excluding steroid dienone is 1. The third-order valence-electron chi connectivity index (χ3n) is 5.38. The van der Waals surface area contributed by atoms with E-state index >= 15 is 0 Å². The predicted octanol–water partition coefficient (Wildman–Crippen LogP) is 4.83. The highest BCUT2D eigenvalue weighted by Gasteiger charge is 2.20. The fourth-order valence-corrected chi connectivity index (χ4v) is 3.80. The lowest BCUT2D eigenvalue weighted by Gasteiger charge is -2.17. The van der Waals surface area contributed by atoms with E-state index in [1.54, 1.807) is 65.2 Å². The van der Waals surface area contributed by atoms with Gasteiger partial charge in [0.05, 0.1) is 35.2 Å². The Morgan fingerprint density at radius 3 is 2.50 bits per heavy atom. The van der Waals surface area contributed by atoms with E-state index in [9.17, 15) is 13.6 Å². The van der Waals surface area contributed by atoms with E-state index in [0.717, 1.165) is 5.69 Å². The highest BCUT2D eigenvalue weighted by molar-refractivity contribution is 5.60. The SMILES string of the molecule is C=C(C)Oc1cn(-c2ccc(-n3cccn3)cc2OCC(F)F)nc(-c2ccnn2-c2ccccc2)c1=O. The molecule has 5 aromatic rings. The molecular weight excluding hydrogens is 494 g/mol. The molecule has 5 rings (SSSR count). The molecule has 0 aliphatic carbocycles. The molecular formula is C27H22F2N6O3. The van der Waals surface area contributed by atoms with Gasteiger partial charge in [0.2, 0.25) is 0 Å². The first-order chi connectivity index (χ1) is 18.4. The van der Waals surface area contributed by atoms with Crippen LogP contribution in [0.2, 0.25) is 0 Å². The number of alkyl halides is 2. The van der Waals surface area contributed by atoms with Gasteiger partial charge in [0.25, 0.3) is 11.9 Å². The Morgan fingerprint density at radius 2 is 1.79 bits per heavy atom. The zero-order valence-corrected chi connectivity index (χ0v) is 20.2. The van der Waals surface area contributed by atoms with Gasteiger partial charge in [0.15, 0.2) is 11.4 Å². The number of benzene rings is 2. The molecule has 9 nitrogen and oxygen atoms in total. The number of hydrogen-bond donors (Lipinski definition) is 0. The van der Waals surface area contributed by atoms with Crippen LogP contribution in [0.25, 0.3) is 28.5 Å². The Labute approximate surface area is 215 Å². The van der Waals surface area contributed by atoms with Crippen molar-refractivity contribution in [3.8, 4) is 39.9 Å². The van der Waals surface area contributed by atoms with Gasteiger partial charge in [-0.15, -0.1) is 0 Å². The summed E-state index contributed by atoms with van der Waals surface area (Å²) in [5.41, 5.74) is 1.55. The summed E-state index contributed by atoms with van der Waals surface area (Å²) in [5.74, 6) is 0.336. The molecule has 0 fully saturated rings. The Balaban J connectivity index is 1.69. The molecule has 11 heteroatoms. The zero-order valence-electron chi connectivity index (χ0n) is 20.2. The van der Waals surface area contributed by atoms with Crippen LogP contribution in [0, 0.1) is 0 Å². The minimum atomic E-state index is -2.70. The van der Waals surface area contributed by atoms with Crippen LogP contribution in [0.5, 0.6) is 11.5 Å². The summed E-state index contributed by atoms with van der Waals surface area (Å²) in [4.78, 5) is 13.5. The van der Waals surface area contributed by atoms with Crippen LogP contribution in [-0.2, 0) is 0 Å². The molecule has 3 aromatic heterocycles. The summed E-state index contributed by atoms with van der Waals surface area (Å²) < 4.78 is 41.8. The quantitative estimate of drug-likeness (QED) is 0.261. The average Bonchev–Trinajstić information content (AvgIpc) is 3.62. The van der Waals surface area contributed by atoms with Gasteiger partial charge in [0.1, 0.15) is 18.0 Å². The summed E-state index contributed by atoms with van der Waals surface area (Å²) in [7, 11) is 0. The number of aromatic nitrogens is 6. The topological polar surface area (TPSA) is 89.0 Å². The van der Waals surface area contributed by atoms with E-state index in [4.69, 9.17) is 9.47 Å². The molecule has 0 unspecified atom stereocenters. The van der Waals surface area contributed by atoms with Gasteiger partial charge in [-0.05, 0) is 43.3 Å². The third-order valence-corrected chi connectivity index (χ3v) is 5.38. The number of para-hydroxylation sites is 1. The molecule has 0 spiro atoms. The minimum absolute atomic E-state index is 0.0288. The van der Waals surface area contributed by atoms with Crippen molar-refractivity contribution < 1.29 is 18.3 Å². The van der Waals surface area contributed by atoms with Crippen LogP contribution in [0.3, 0.4) is 0 Å². The Morgan fingerprint density at radius 1 is 0.974 bits per heavy atom. The Kier molecular flexibility index (Phi) is 6.81. The van der Waals surface area contributed by atoms with Gasteiger partial charge < -0.3 is 9.47 Å². The minimum Gasteiger partial charge on any atom is -0.485 e. The molecule has 0 aliphatic heterocycles. The van der Waals surface area contributed by atoms with E-state index < -0.39 is 18.5 Å². The average molecular weight is 517 g/mol. The second-order valence-electron chi connectivity index (χ2n) is 8.19. The van der Waals surface area contributed by atoms with Gasteiger partial charge in [-0.3, -0.25) is 4.79 Å². The highest BCUT2D eigenvalue weighted by Crippen LogP contribution is 2.28. The molecule has 0 saturated heterocycles. The zero-order chi connectivity index (χ0) is 26.6. The van der Waals surface area contributed by atoms with Crippen LogP contribution in [-0.4, -0.2) is 42.4 Å². The first-order valence-electron chi connectivity index (χ1n) is 11.5. The van der Waals surface area contributed by atoms with Crippen LogP contribution in [0.15, 0.2) is 103 Å². The van der Waals surface area contributed by atoms with Crippen LogP contribution >= 0.6 is 0 Å². The molecule has 0 saturated carbocycles. The Hall–Kier alpha value is -5.06. The molecule has 0 bridgehead atoms. The predicted molar refractivity (Wildman–Crippen MR) is 136 cm³/mol. The molecule has 0 atom stereocenters. The van der Waals surface area contributed by atoms with Crippen molar-refractivity contribution in [2.24, 2.45) is 0 Å². The molecule has 38 heavy (non-hydrogen) atoms. The van der Waals surface area contributed by atoms with Gasteiger partial charge in [-0.25, -0.2) is 22.8 Å². The monoisotopic (exact) mass is 516 g/mol. The number of hydrogen-bond acceptors (Lipinski definition) is 6. The fourth-order valence-electron chi connectivity index (χ4n) is 3.80. The molecule has 3 heterocycles. The van der Waals surface area contributed by atoms with Crippen LogP contribution < -0.4 is 14.9 Å². The van der Waals surface area contributed by atoms with Crippen molar-refractivity contribution in [3.05, 3.63) is 108 Å². The first-order valence-corrected chi connectivity index (χ1v) is 11.5. The summed E-state index contributed by atoms with van der Waals surface area (Å²) in [6, 6.07) is 17.6. The number of halogens is 2. The summed E-state index contributed by atoms with van der Waals surface area (Å²) in [6.07, 6.45) is 3.53. The van der Waals surface area contributed by atoms with Crippen molar-refractivity contribution in [1.29, 1.82) is 0 Å². The van der Waals surface area contributed by atoms with Gasteiger partial charge in [-0.1, -0.05) is 24.8 Å². The van der Waals surface area contributed by atoms with E-state index in [-0.39, 0.29) is 23.0 Å². The second-order valence-corrected chi connectivity index (χ2v) is 8.19. The molecule has 0 radical (unpaired) electrons. The summed E-state index contributed by atoms with van der Waals surface area (Å²) >= 11 is 0. The van der Waals surface area contributed by atoms with Gasteiger partial charge in [-0.2, -0.15) is 15.3 Å². The summed E-state index contributed by atoms with van der Waals surface area (Å²) in [5, 5.41) is 13.1. The number of rotatable bonds is 9. The lowest BCUT2D eigenvalue weighted by molar-refractivity contribution is 0.0818. The fraction of sp³-hybridized carbons (Fsp3) is 0.111. The third kappa shape index (κ3) is 5.07. The number of ether oxygens (including phenoxy) is 2. The van der Waals surface area contributed by atoms with Crippen molar-refractivity contribution >= 4 is 0 Å². The second kappa shape index (κ2) is 10.5. The summed E-state index contributed by atoms with van der Waals surface area (Å²) in [6.45, 7) is 4.50.